The summed E-state index contributed by atoms with van der Waals surface area (Å²) in [6, 6.07) is 0. The highest BCUT2D eigenvalue weighted by atomic mass is 79.9. The van der Waals surface area contributed by atoms with Crippen LogP contribution in [0, 0.1) is 5.41 Å². The molecule has 19 heavy (non-hydrogen) atoms. The molecule has 0 radical (unpaired) electrons. The van der Waals surface area contributed by atoms with Gasteiger partial charge in [0.1, 0.15) is 0 Å². The largest absolute Gasteiger partial charge is 0.480 e. The molecule has 0 spiro atoms. The van der Waals surface area contributed by atoms with Crippen molar-refractivity contribution >= 4 is 21.8 Å². The molecular weight excluding hydrogens is 306 g/mol. The Labute approximate surface area is 126 Å². The van der Waals surface area contributed by atoms with E-state index in [9.17, 15) is 0 Å². The first-order valence-corrected chi connectivity index (χ1v) is 8.56. The minimum absolute atomic E-state index is 0.0262. The second-order valence-electron chi connectivity index (χ2n) is 5.09. The first kappa shape index (κ1) is 18.9. The van der Waals surface area contributed by atoms with Gasteiger partial charge in [-0.15, -0.1) is 0 Å². The molecule has 4 heteroatoms. The van der Waals surface area contributed by atoms with Gasteiger partial charge >= 0.3 is 0 Å². The summed E-state index contributed by atoms with van der Waals surface area (Å²) in [7, 11) is 0. The lowest BCUT2D eigenvalue weighted by atomic mass is 10.1. The second kappa shape index (κ2) is 14.3. The van der Waals surface area contributed by atoms with Crippen LogP contribution in [0.25, 0.3) is 0 Å². The van der Waals surface area contributed by atoms with Crippen LogP contribution in [0.4, 0.5) is 0 Å². The van der Waals surface area contributed by atoms with Crippen LogP contribution in [0.2, 0.25) is 0 Å². The third-order valence-electron chi connectivity index (χ3n) is 3.17. The average Bonchev–Trinajstić information content (AvgIpc) is 2.39. The number of unbranched alkanes of at least 4 members (excludes halogenated alkanes) is 9. The van der Waals surface area contributed by atoms with Gasteiger partial charge in [-0.3, -0.25) is 5.41 Å². The zero-order chi connectivity index (χ0) is 14.3. The van der Waals surface area contributed by atoms with Crippen molar-refractivity contribution in [1.29, 1.82) is 5.41 Å². The number of aliphatic hydroxyl groups excluding tert-OH is 1. The molecule has 0 bridgehead atoms. The Morgan fingerprint density at radius 1 is 0.947 bits per heavy atom. The highest BCUT2D eigenvalue weighted by Crippen LogP contribution is 2.10. The van der Waals surface area contributed by atoms with Crippen LogP contribution in [-0.2, 0) is 4.74 Å². The van der Waals surface area contributed by atoms with Crippen molar-refractivity contribution in [3.05, 3.63) is 0 Å². The number of rotatable bonds is 13. The Bertz CT molecular complexity index is 210. The fourth-order valence-electron chi connectivity index (χ4n) is 1.93. The van der Waals surface area contributed by atoms with Gasteiger partial charge in [-0.1, -0.05) is 67.3 Å². The van der Waals surface area contributed by atoms with Gasteiger partial charge in [0.05, 0.1) is 11.4 Å². The van der Waals surface area contributed by atoms with Crippen LogP contribution in [-0.4, -0.2) is 29.0 Å². The maximum atomic E-state index is 8.65. The molecule has 1 unspecified atom stereocenters. The van der Waals surface area contributed by atoms with E-state index >= 15 is 0 Å². The topological polar surface area (TPSA) is 53.3 Å². The summed E-state index contributed by atoms with van der Waals surface area (Å²) >= 11 is 3.31. The molecule has 0 saturated carbocycles. The number of hydrogen-bond acceptors (Lipinski definition) is 3. The number of halogens is 1. The van der Waals surface area contributed by atoms with Crippen molar-refractivity contribution in [2.75, 3.05) is 13.2 Å². The number of nitrogens with one attached hydrogen (secondary N) is 1. The highest BCUT2D eigenvalue weighted by Gasteiger charge is 2.04. The van der Waals surface area contributed by atoms with Gasteiger partial charge in [0.25, 0.3) is 0 Å². The lowest BCUT2D eigenvalue weighted by molar-refractivity contribution is 0.281. The van der Waals surface area contributed by atoms with Crippen LogP contribution in [0.15, 0.2) is 0 Å². The molecule has 0 aliphatic rings. The maximum absolute atomic E-state index is 8.65. The van der Waals surface area contributed by atoms with E-state index in [1.54, 1.807) is 0 Å². The van der Waals surface area contributed by atoms with Crippen LogP contribution >= 0.6 is 15.9 Å². The van der Waals surface area contributed by atoms with Gasteiger partial charge in [-0.05, 0) is 19.8 Å². The smallest absolute Gasteiger partial charge is 0.194 e. The predicted octanol–water partition coefficient (Wildman–Crippen LogP) is 4.66. The second-order valence-corrected chi connectivity index (χ2v) is 6.46. The summed E-state index contributed by atoms with van der Waals surface area (Å²) in [6.45, 7) is 2.92. The molecule has 0 aromatic rings. The fraction of sp³-hybridized carbons (Fsp3) is 0.933. The zero-order valence-corrected chi connectivity index (χ0v) is 13.9. The number of hydrogen-bond donors (Lipinski definition) is 2. The van der Waals surface area contributed by atoms with Crippen LogP contribution in [0.3, 0.4) is 0 Å². The molecule has 0 aromatic heterocycles. The molecule has 0 saturated heterocycles. The summed E-state index contributed by atoms with van der Waals surface area (Å²) in [5, 5.41) is 16.1. The minimum atomic E-state index is 0.0262. The van der Waals surface area contributed by atoms with Gasteiger partial charge < -0.3 is 9.84 Å². The first-order chi connectivity index (χ1) is 9.18. The van der Waals surface area contributed by atoms with E-state index in [1.165, 1.54) is 51.4 Å². The van der Waals surface area contributed by atoms with E-state index in [2.05, 4.69) is 15.9 Å². The highest BCUT2D eigenvalue weighted by molar-refractivity contribution is 9.10. The molecule has 0 fully saturated rings. The Balaban J connectivity index is 3.05. The quantitative estimate of drug-likeness (QED) is 0.222. The normalized spacial score (nSPS) is 12.4. The van der Waals surface area contributed by atoms with E-state index in [0.29, 0.717) is 19.1 Å². The van der Waals surface area contributed by atoms with E-state index in [1.807, 2.05) is 6.92 Å². The van der Waals surface area contributed by atoms with Crippen molar-refractivity contribution in [3.63, 3.8) is 0 Å². The Morgan fingerprint density at radius 2 is 1.37 bits per heavy atom. The molecule has 3 nitrogen and oxygen atoms in total. The van der Waals surface area contributed by atoms with Crippen molar-refractivity contribution in [2.24, 2.45) is 0 Å². The molecular formula is C15H30BrNO2. The predicted molar refractivity (Wildman–Crippen MR) is 85.3 cm³/mol. The molecule has 0 aliphatic heterocycles. The number of aliphatic hydroxyl groups is 1. The first-order valence-electron chi connectivity index (χ1n) is 7.64. The molecule has 0 aliphatic carbocycles. The van der Waals surface area contributed by atoms with Crippen LogP contribution < -0.4 is 0 Å². The molecule has 1 atom stereocenters. The average molecular weight is 336 g/mol. The fourth-order valence-corrected chi connectivity index (χ4v) is 2.06. The SMILES string of the molecule is CC(Br)C(=N)OCCCCCCCCCCCCO. The van der Waals surface area contributed by atoms with Crippen molar-refractivity contribution in [2.45, 2.75) is 76.0 Å². The van der Waals surface area contributed by atoms with Gasteiger partial charge in [-0.25, -0.2) is 0 Å². The molecule has 0 amide bonds. The van der Waals surface area contributed by atoms with Crippen molar-refractivity contribution < 1.29 is 9.84 Å². The van der Waals surface area contributed by atoms with Crippen LogP contribution in [0.5, 0.6) is 0 Å². The van der Waals surface area contributed by atoms with E-state index in [-0.39, 0.29) is 4.83 Å². The zero-order valence-electron chi connectivity index (χ0n) is 12.3. The van der Waals surface area contributed by atoms with Crippen LogP contribution in [0.1, 0.15) is 71.1 Å². The molecule has 0 aromatic carbocycles. The van der Waals surface area contributed by atoms with Crippen molar-refractivity contribution in [1.82, 2.24) is 0 Å². The molecule has 114 valence electrons. The number of ether oxygens (including phenoxy) is 1. The summed E-state index contributed by atoms with van der Waals surface area (Å²) < 4.78 is 5.30. The molecule has 0 heterocycles. The lowest BCUT2D eigenvalue weighted by Gasteiger charge is -2.08. The third-order valence-corrected chi connectivity index (χ3v) is 3.59. The third kappa shape index (κ3) is 14.1. The van der Waals surface area contributed by atoms with Crippen molar-refractivity contribution in [3.8, 4) is 0 Å². The summed E-state index contributed by atoms with van der Waals surface area (Å²) in [4.78, 5) is 0.0262. The Kier molecular flexibility index (Phi) is 14.3. The van der Waals surface area contributed by atoms with E-state index in [4.69, 9.17) is 15.3 Å². The maximum Gasteiger partial charge on any atom is 0.194 e. The standard InChI is InChI=1S/C15H30BrNO2/c1-14(16)15(17)19-13-11-9-7-5-3-2-4-6-8-10-12-18/h14,17-18H,2-13H2,1H3. The Hall–Kier alpha value is -0.0900. The van der Waals surface area contributed by atoms with Gasteiger partial charge in [-0.2, -0.15) is 0 Å². The summed E-state index contributed by atoms with van der Waals surface area (Å²) in [5.74, 6) is 0.336. The lowest BCUT2D eigenvalue weighted by Crippen LogP contribution is -2.13. The molecule has 0 rings (SSSR count). The summed E-state index contributed by atoms with van der Waals surface area (Å²) in [5.41, 5.74) is 0. The van der Waals surface area contributed by atoms with Gasteiger partial charge in [0.2, 0.25) is 0 Å². The Morgan fingerprint density at radius 3 is 1.79 bits per heavy atom. The summed E-state index contributed by atoms with van der Waals surface area (Å²) in [6.07, 6.45) is 12.2. The monoisotopic (exact) mass is 335 g/mol. The van der Waals surface area contributed by atoms with Gasteiger partial charge in [0.15, 0.2) is 5.90 Å². The van der Waals surface area contributed by atoms with Gasteiger partial charge in [0, 0.05) is 6.61 Å². The van der Waals surface area contributed by atoms with E-state index in [0.717, 1.165) is 12.8 Å². The molecule has 2 N–H and O–H groups in total. The van der Waals surface area contributed by atoms with E-state index < -0.39 is 0 Å². The number of alkyl halides is 1. The minimum Gasteiger partial charge on any atom is -0.480 e.